The molecule has 2 amide bonds. The number of carbonyl (C=O) groups excluding carboxylic acids is 2. The van der Waals surface area contributed by atoms with Crippen LogP contribution in [0.2, 0.25) is 0 Å². The summed E-state index contributed by atoms with van der Waals surface area (Å²) in [6, 6.07) is 0.945. The van der Waals surface area contributed by atoms with Crippen molar-refractivity contribution < 1.29 is 32.2 Å². The number of aromatic nitrogens is 1. The Morgan fingerprint density at radius 1 is 1.16 bits per heavy atom. The minimum absolute atomic E-state index is 0.0193. The molecule has 2 saturated heterocycles. The number of ether oxygens (including phenoxy) is 2. The van der Waals surface area contributed by atoms with E-state index in [1.165, 1.54) is 6.92 Å². The fourth-order valence-electron chi connectivity index (χ4n) is 5.64. The summed E-state index contributed by atoms with van der Waals surface area (Å²) in [5.41, 5.74) is 3.25. The standard InChI is InChI=1S/C26H29F3N4O4/c1-11-8-14(19(29)20(30)18(11)28)21-16(27)9-15-23(31-21)36-12(2)22-17-7-6-13(10-32(22)24(15)34)33(17)25(35)37-26(3,4)5/h8-9,12-13,17,22H,6-7,10,30H2,1-5H3/t12-,13+,17-,22+/m0/s1. The van der Waals surface area contributed by atoms with Gasteiger partial charge in [-0.25, -0.2) is 22.9 Å². The molecule has 2 aromatic rings. The first-order chi connectivity index (χ1) is 17.3. The van der Waals surface area contributed by atoms with Crippen molar-refractivity contribution in [2.24, 2.45) is 0 Å². The van der Waals surface area contributed by atoms with Gasteiger partial charge in [0.2, 0.25) is 5.88 Å². The van der Waals surface area contributed by atoms with Gasteiger partial charge >= 0.3 is 6.09 Å². The highest BCUT2D eigenvalue weighted by atomic mass is 19.1. The van der Waals surface area contributed by atoms with E-state index >= 15 is 4.39 Å². The molecular weight excluding hydrogens is 489 g/mol. The van der Waals surface area contributed by atoms with Crippen molar-refractivity contribution in [3.05, 3.63) is 40.7 Å². The van der Waals surface area contributed by atoms with Crippen molar-refractivity contribution in [3.8, 4) is 17.1 Å². The minimum Gasteiger partial charge on any atom is -0.472 e. The lowest BCUT2D eigenvalue weighted by atomic mass is 9.97. The average molecular weight is 519 g/mol. The molecule has 5 rings (SSSR count). The largest absolute Gasteiger partial charge is 0.472 e. The summed E-state index contributed by atoms with van der Waals surface area (Å²) in [6.07, 6.45) is 0.261. The van der Waals surface area contributed by atoms with Crippen LogP contribution in [0.15, 0.2) is 12.1 Å². The van der Waals surface area contributed by atoms with Crippen LogP contribution in [0, 0.1) is 24.4 Å². The number of carbonyl (C=O) groups is 2. The molecule has 37 heavy (non-hydrogen) atoms. The van der Waals surface area contributed by atoms with Crippen molar-refractivity contribution in [1.82, 2.24) is 14.8 Å². The van der Waals surface area contributed by atoms with Crippen molar-refractivity contribution in [2.75, 3.05) is 12.3 Å². The van der Waals surface area contributed by atoms with Gasteiger partial charge in [-0.2, -0.15) is 0 Å². The fraction of sp³-hybridized carbons (Fsp3) is 0.500. The molecule has 1 aromatic carbocycles. The van der Waals surface area contributed by atoms with E-state index in [9.17, 15) is 18.4 Å². The van der Waals surface area contributed by atoms with E-state index in [1.54, 1.807) is 37.5 Å². The number of fused-ring (bicyclic) bond motifs is 5. The molecule has 1 aromatic heterocycles. The lowest BCUT2D eigenvalue weighted by Gasteiger charge is -2.47. The van der Waals surface area contributed by atoms with Crippen LogP contribution in [0.4, 0.5) is 23.7 Å². The zero-order valence-electron chi connectivity index (χ0n) is 21.3. The van der Waals surface area contributed by atoms with Crippen molar-refractivity contribution in [1.29, 1.82) is 0 Å². The third-order valence-corrected chi connectivity index (χ3v) is 7.19. The highest BCUT2D eigenvalue weighted by molar-refractivity contribution is 5.98. The zero-order valence-corrected chi connectivity index (χ0v) is 21.3. The molecule has 2 N–H and O–H groups in total. The monoisotopic (exact) mass is 518 g/mol. The second-order valence-electron chi connectivity index (χ2n) is 10.9. The summed E-state index contributed by atoms with van der Waals surface area (Å²) in [5.74, 6) is -3.70. The van der Waals surface area contributed by atoms with Crippen LogP contribution < -0.4 is 10.5 Å². The van der Waals surface area contributed by atoms with Crippen LogP contribution in [0.25, 0.3) is 11.3 Å². The number of pyridine rings is 1. The number of nitrogens with two attached hydrogens (primary N) is 1. The Kier molecular flexibility index (Phi) is 5.80. The maximum Gasteiger partial charge on any atom is 0.410 e. The first-order valence-electron chi connectivity index (χ1n) is 12.2. The van der Waals surface area contributed by atoms with Gasteiger partial charge in [0.05, 0.1) is 18.1 Å². The summed E-state index contributed by atoms with van der Waals surface area (Å²) in [7, 11) is 0. The molecule has 4 heterocycles. The van der Waals surface area contributed by atoms with Crippen LogP contribution in [0.3, 0.4) is 0 Å². The Morgan fingerprint density at radius 3 is 2.54 bits per heavy atom. The van der Waals surface area contributed by atoms with Crippen molar-refractivity contribution >= 4 is 17.7 Å². The molecule has 0 unspecified atom stereocenters. The Hall–Kier alpha value is -3.50. The van der Waals surface area contributed by atoms with Gasteiger partial charge in [0.1, 0.15) is 28.6 Å². The van der Waals surface area contributed by atoms with E-state index in [2.05, 4.69) is 4.98 Å². The molecule has 11 heteroatoms. The van der Waals surface area contributed by atoms with E-state index in [0.717, 1.165) is 12.1 Å². The topological polar surface area (TPSA) is 98.0 Å². The molecule has 2 bridgehead atoms. The molecule has 8 nitrogen and oxygen atoms in total. The van der Waals surface area contributed by atoms with Crippen molar-refractivity contribution in [3.63, 3.8) is 0 Å². The van der Waals surface area contributed by atoms with Crippen molar-refractivity contribution in [2.45, 2.75) is 77.3 Å². The number of nitrogen functional groups attached to an aromatic ring is 1. The summed E-state index contributed by atoms with van der Waals surface area (Å²) >= 11 is 0. The molecule has 4 atom stereocenters. The molecule has 2 fully saturated rings. The highest BCUT2D eigenvalue weighted by Gasteiger charge is 2.54. The second kappa shape index (κ2) is 8.53. The van der Waals surface area contributed by atoms with E-state index in [-0.39, 0.29) is 41.2 Å². The quantitative estimate of drug-likeness (QED) is 0.561. The summed E-state index contributed by atoms with van der Waals surface area (Å²) in [4.78, 5) is 34.1. The van der Waals surface area contributed by atoms with E-state index in [0.29, 0.717) is 12.8 Å². The predicted octanol–water partition coefficient (Wildman–Crippen LogP) is 4.43. The number of hydrogen-bond acceptors (Lipinski definition) is 6. The Labute approximate surface area is 212 Å². The second-order valence-corrected chi connectivity index (χ2v) is 10.9. The van der Waals surface area contributed by atoms with E-state index < -0.39 is 58.6 Å². The minimum atomic E-state index is -1.15. The maximum absolute atomic E-state index is 15.3. The van der Waals surface area contributed by atoms with Gasteiger partial charge in [0.15, 0.2) is 17.5 Å². The smallest absolute Gasteiger partial charge is 0.410 e. The number of amides is 2. The number of nitrogens with zero attached hydrogens (tertiary/aromatic N) is 3. The van der Waals surface area contributed by atoms with Gasteiger partial charge in [0, 0.05) is 12.1 Å². The molecule has 3 aliphatic heterocycles. The molecule has 198 valence electrons. The number of halogens is 3. The lowest BCUT2D eigenvalue weighted by molar-refractivity contribution is -0.0350. The van der Waals surface area contributed by atoms with Gasteiger partial charge in [-0.15, -0.1) is 0 Å². The van der Waals surface area contributed by atoms with Crippen LogP contribution in [0.5, 0.6) is 5.88 Å². The summed E-state index contributed by atoms with van der Waals surface area (Å²) in [6.45, 7) is 8.73. The van der Waals surface area contributed by atoms with Gasteiger partial charge in [0.25, 0.3) is 5.91 Å². The first kappa shape index (κ1) is 25.2. The Balaban J connectivity index is 1.54. The van der Waals surface area contributed by atoms with Crippen LogP contribution >= 0.6 is 0 Å². The third-order valence-electron chi connectivity index (χ3n) is 7.19. The lowest BCUT2D eigenvalue weighted by Crippen LogP contribution is -2.65. The molecule has 0 saturated carbocycles. The Bertz CT molecular complexity index is 1310. The first-order valence-corrected chi connectivity index (χ1v) is 12.2. The molecule has 3 aliphatic rings. The van der Waals surface area contributed by atoms with E-state index in [1.807, 2.05) is 0 Å². The third kappa shape index (κ3) is 4.04. The maximum atomic E-state index is 15.3. The molecular formula is C26H29F3N4O4. The Morgan fingerprint density at radius 2 is 1.86 bits per heavy atom. The number of benzene rings is 1. The van der Waals surface area contributed by atoms with Gasteiger partial charge < -0.3 is 20.1 Å². The van der Waals surface area contributed by atoms with Crippen LogP contribution in [-0.4, -0.2) is 63.2 Å². The summed E-state index contributed by atoms with van der Waals surface area (Å²) in [5, 5.41) is 0. The van der Waals surface area contributed by atoms with Crippen LogP contribution in [-0.2, 0) is 4.74 Å². The normalized spacial score (nSPS) is 24.8. The predicted molar refractivity (Wildman–Crippen MR) is 128 cm³/mol. The molecule has 0 radical (unpaired) electrons. The molecule has 0 aliphatic carbocycles. The highest BCUT2D eigenvalue weighted by Crippen LogP contribution is 2.41. The number of piperazine rings is 1. The number of rotatable bonds is 1. The van der Waals surface area contributed by atoms with E-state index in [4.69, 9.17) is 15.2 Å². The summed E-state index contributed by atoms with van der Waals surface area (Å²) < 4.78 is 55.8. The fourth-order valence-corrected chi connectivity index (χ4v) is 5.64. The number of anilines is 1. The average Bonchev–Trinajstić information content (AvgIpc) is 3.07. The van der Waals surface area contributed by atoms with Gasteiger partial charge in [-0.3, -0.25) is 9.69 Å². The van der Waals surface area contributed by atoms with Crippen LogP contribution in [0.1, 0.15) is 56.5 Å². The SMILES string of the molecule is Cc1cc(-c2nc3c(cc2F)C(=O)N2C[C@H]4CC[C@@H]([C@H]2[C@H](C)O3)N4C(=O)OC(C)(C)C)c(F)c(N)c1F. The number of aryl methyl sites for hydroxylation is 1. The van der Waals surface area contributed by atoms with Gasteiger partial charge in [-0.05, 0) is 65.2 Å². The molecule has 0 spiro atoms. The zero-order chi connectivity index (χ0) is 27.0. The van der Waals surface area contributed by atoms with Gasteiger partial charge in [-0.1, -0.05) is 0 Å². The number of hydrogen-bond donors (Lipinski definition) is 1.